The minimum Gasteiger partial charge on any atom is -0.472 e. The van der Waals surface area contributed by atoms with E-state index in [2.05, 4.69) is 15.4 Å². The lowest BCUT2D eigenvalue weighted by molar-refractivity contribution is -0.141. The standard InChI is InChI=1S/C45H53N7O8S/c1-27-17-19-29(20-18-27)36-24-38(52-40(46-36)39-28(2)11-10-16-34(39)49-52)59-32-23-37-41(53)48-45(43(55)50-61(57,58)33-21-22-33)25-30(45)12-6-4-3-5-7-15-35(42(54)51(37)26-32)47-44(56)60-31-13-8-9-14-31/h6,10-12,16-20,24,30-33,35,37H,3-5,7-9,13-15,21-23,25-26H2,1-2H3,(H,47,56)(H,48,53)(H,50,55)/b12-6-/t30-,32+,35-,37-,45+/m0/s1. The van der Waals surface area contributed by atoms with Gasteiger partial charge < -0.3 is 25.0 Å². The molecule has 0 unspecified atom stereocenters. The van der Waals surface area contributed by atoms with E-state index < -0.39 is 68.7 Å². The maximum absolute atomic E-state index is 14.8. The van der Waals surface area contributed by atoms with Crippen LogP contribution in [0.4, 0.5) is 4.79 Å². The van der Waals surface area contributed by atoms with Gasteiger partial charge in [0.2, 0.25) is 27.7 Å². The van der Waals surface area contributed by atoms with Gasteiger partial charge in [0.15, 0.2) is 5.65 Å². The van der Waals surface area contributed by atoms with Gasteiger partial charge >= 0.3 is 6.09 Å². The molecule has 16 heteroatoms. The summed E-state index contributed by atoms with van der Waals surface area (Å²) in [6.45, 7) is 4.00. The molecule has 0 radical (unpaired) electrons. The molecule has 322 valence electrons. The van der Waals surface area contributed by atoms with Crippen LogP contribution in [0.5, 0.6) is 5.88 Å². The Hall–Kier alpha value is -5.51. The first-order chi connectivity index (χ1) is 29.4. The Kier molecular flexibility index (Phi) is 11.0. The first kappa shape index (κ1) is 40.9. The number of aryl methyl sites for hydroxylation is 2. The molecular formula is C45H53N7O8S. The van der Waals surface area contributed by atoms with Crippen LogP contribution >= 0.6 is 0 Å². The molecule has 5 atom stereocenters. The molecule has 0 bridgehead atoms. The number of rotatable bonds is 8. The van der Waals surface area contributed by atoms with Crippen LogP contribution < -0.4 is 20.1 Å². The number of nitrogens with one attached hydrogen (secondary N) is 3. The third-order valence-corrected chi connectivity index (χ3v) is 14.7. The number of hydrogen-bond acceptors (Lipinski definition) is 10. The fourth-order valence-electron chi connectivity index (χ4n) is 9.18. The van der Waals surface area contributed by atoms with Crippen LogP contribution in [0.2, 0.25) is 0 Å². The van der Waals surface area contributed by atoms with Gasteiger partial charge in [-0.1, -0.05) is 67.0 Å². The molecule has 1 saturated heterocycles. The molecule has 2 aliphatic heterocycles. The number of alkyl carbamates (subject to hydrolysis) is 1. The third kappa shape index (κ3) is 8.43. The van der Waals surface area contributed by atoms with Crippen LogP contribution in [0.25, 0.3) is 27.8 Å². The van der Waals surface area contributed by atoms with Crippen LogP contribution in [0.15, 0.2) is 60.7 Å². The maximum Gasteiger partial charge on any atom is 0.408 e. The van der Waals surface area contributed by atoms with E-state index in [-0.39, 0.29) is 25.5 Å². The molecule has 61 heavy (non-hydrogen) atoms. The second-order valence-corrected chi connectivity index (χ2v) is 19.5. The van der Waals surface area contributed by atoms with Crippen LogP contribution in [0, 0.1) is 19.8 Å². The van der Waals surface area contributed by atoms with Crippen LogP contribution in [-0.2, 0) is 29.1 Å². The van der Waals surface area contributed by atoms with Crippen molar-refractivity contribution in [2.75, 3.05) is 6.54 Å². The number of allylic oxidation sites excluding steroid dienone is 1. The summed E-state index contributed by atoms with van der Waals surface area (Å²) >= 11 is 0. The van der Waals surface area contributed by atoms with Gasteiger partial charge in [-0.2, -0.15) is 9.61 Å². The Bertz CT molecular complexity index is 2510. The molecule has 2 aromatic carbocycles. The summed E-state index contributed by atoms with van der Waals surface area (Å²) in [5.74, 6) is -1.94. The van der Waals surface area contributed by atoms with Crippen molar-refractivity contribution in [3.8, 4) is 17.1 Å². The Morgan fingerprint density at radius 1 is 0.934 bits per heavy atom. The van der Waals surface area contributed by atoms with Gasteiger partial charge in [-0.15, -0.1) is 0 Å². The van der Waals surface area contributed by atoms with Crippen molar-refractivity contribution >= 4 is 50.4 Å². The zero-order valence-corrected chi connectivity index (χ0v) is 35.4. The fourth-order valence-corrected chi connectivity index (χ4v) is 10.5. The summed E-state index contributed by atoms with van der Waals surface area (Å²) in [5, 5.41) is 10.9. The quantitative estimate of drug-likeness (QED) is 0.190. The highest BCUT2D eigenvalue weighted by Gasteiger charge is 2.62. The Morgan fingerprint density at radius 2 is 1.70 bits per heavy atom. The number of fused-ring (bicyclic) bond motifs is 5. The van der Waals surface area contributed by atoms with Gasteiger partial charge in [-0.25, -0.2) is 18.2 Å². The molecule has 4 amide bonds. The van der Waals surface area contributed by atoms with E-state index in [4.69, 9.17) is 19.6 Å². The summed E-state index contributed by atoms with van der Waals surface area (Å²) in [5.41, 5.74) is 3.41. The molecule has 4 fully saturated rings. The Morgan fingerprint density at radius 3 is 2.48 bits per heavy atom. The molecule has 3 aliphatic carbocycles. The fraction of sp³-hybridized carbons (Fsp3) is 0.511. The predicted molar refractivity (Wildman–Crippen MR) is 227 cm³/mol. The molecule has 9 rings (SSSR count). The number of sulfonamides is 1. The van der Waals surface area contributed by atoms with E-state index in [1.165, 1.54) is 4.90 Å². The summed E-state index contributed by atoms with van der Waals surface area (Å²) in [6.07, 6.45) is 10.1. The highest BCUT2D eigenvalue weighted by Crippen LogP contribution is 2.46. The summed E-state index contributed by atoms with van der Waals surface area (Å²) < 4.78 is 42.4. The number of carbonyl (C=O) groups excluding carboxylic acids is 4. The molecule has 0 spiro atoms. The van der Waals surface area contributed by atoms with Crippen molar-refractivity contribution in [2.24, 2.45) is 5.92 Å². The molecule has 15 nitrogen and oxygen atoms in total. The van der Waals surface area contributed by atoms with Gasteiger partial charge in [0.1, 0.15) is 29.8 Å². The second kappa shape index (κ2) is 16.4. The summed E-state index contributed by atoms with van der Waals surface area (Å²) in [7, 11) is -3.91. The van der Waals surface area contributed by atoms with Gasteiger partial charge in [0, 0.05) is 29.4 Å². The van der Waals surface area contributed by atoms with Crippen molar-refractivity contribution in [3.63, 3.8) is 0 Å². The SMILES string of the molecule is Cc1ccc(-c2cc(O[C@@H]3C[C@H]4C(=O)N[C@]5(C(=O)NS(=O)(=O)C6CC6)C[C@@H]5/C=C\CCCCC[C@H](NC(=O)OC5CCCC5)C(=O)N4C3)n3nc4cccc(C)c4c3n2)cc1. The lowest BCUT2D eigenvalue weighted by Gasteiger charge is -2.30. The summed E-state index contributed by atoms with van der Waals surface area (Å²) in [4.78, 5) is 63.2. The molecule has 3 N–H and O–H groups in total. The van der Waals surface area contributed by atoms with Gasteiger partial charge in [0.25, 0.3) is 5.91 Å². The lowest BCUT2D eigenvalue weighted by Crippen LogP contribution is -2.58. The van der Waals surface area contributed by atoms with Crippen molar-refractivity contribution in [1.29, 1.82) is 0 Å². The zero-order valence-electron chi connectivity index (χ0n) is 34.6. The molecule has 5 aliphatic rings. The molecule has 3 saturated carbocycles. The summed E-state index contributed by atoms with van der Waals surface area (Å²) in [6, 6.07) is 13.5. The van der Waals surface area contributed by atoms with Gasteiger partial charge in [-0.3, -0.25) is 19.1 Å². The van der Waals surface area contributed by atoms with E-state index in [0.717, 1.165) is 66.1 Å². The number of carbonyl (C=O) groups is 4. The number of benzene rings is 2. The number of nitrogens with zero attached hydrogens (tertiary/aromatic N) is 4. The largest absolute Gasteiger partial charge is 0.472 e. The average molecular weight is 852 g/mol. The maximum atomic E-state index is 14.8. The average Bonchev–Trinajstić information content (AvgIpc) is 4.04. The smallest absolute Gasteiger partial charge is 0.408 e. The Balaban J connectivity index is 1.06. The van der Waals surface area contributed by atoms with Crippen LogP contribution in [0.1, 0.15) is 94.6 Å². The second-order valence-electron chi connectivity index (χ2n) is 17.6. The van der Waals surface area contributed by atoms with Crippen molar-refractivity contribution < 1.29 is 37.1 Å². The normalized spacial score (nSPS) is 26.8. The van der Waals surface area contributed by atoms with Gasteiger partial charge in [-0.05, 0) is 89.7 Å². The first-order valence-corrected chi connectivity index (χ1v) is 23.3. The molecule has 4 aromatic rings. The van der Waals surface area contributed by atoms with Gasteiger partial charge in [0.05, 0.1) is 23.0 Å². The van der Waals surface area contributed by atoms with E-state index in [1.54, 1.807) is 10.6 Å². The first-order valence-electron chi connectivity index (χ1n) is 21.7. The van der Waals surface area contributed by atoms with Crippen molar-refractivity contribution in [3.05, 3.63) is 71.8 Å². The van der Waals surface area contributed by atoms with E-state index >= 15 is 0 Å². The molecule has 4 heterocycles. The monoisotopic (exact) mass is 851 g/mol. The van der Waals surface area contributed by atoms with E-state index in [0.29, 0.717) is 49.3 Å². The van der Waals surface area contributed by atoms with E-state index in [9.17, 15) is 27.6 Å². The minimum atomic E-state index is -3.91. The topological polar surface area (TPSA) is 190 Å². The third-order valence-electron chi connectivity index (χ3n) is 12.9. The highest BCUT2D eigenvalue weighted by molar-refractivity contribution is 7.91. The van der Waals surface area contributed by atoms with Crippen molar-refractivity contribution in [2.45, 2.75) is 132 Å². The molecular weight excluding hydrogens is 799 g/mol. The number of aromatic nitrogens is 3. The molecule has 2 aromatic heterocycles. The number of amides is 4. The lowest BCUT2D eigenvalue weighted by atomic mass is 10.0. The Labute approximate surface area is 355 Å². The highest BCUT2D eigenvalue weighted by atomic mass is 32.2. The van der Waals surface area contributed by atoms with Crippen LogP contribution in [0.3, 0.4) is 0 Å². The minimum absolute atomic E-state index is 0.0190. The van der Waals surface area contributed by atoms with Crippen LogP contribution in [-0.4, -0.2) is 93.4 Å². The van der Waals surface area contributed by atoms with E-state index in [1.807, 2.05) is 68.5 Å². The number of ether oxygens (including phenoxy) is 2. The van der Waals surface area contributed by atoms with Crippen molar-refractivity contribution in [1.82, 2.24) is 34.9 Å². The zero-order chi connectivity index (χ0) is 42.5. The number of hydrogen-bond donors (Lipinski definition) is 3. The predicted octanol–water partition coefficient (Wildman–Crippen LogP) is 5.56.